The van der Waals surface area contributed by atoms with E-state index in [0.717, 1.165) is 11.3 Å². The number of hydrogen-bond acceptors (Lipinski definition) is 2. The van der Waals surface area contributed by atoms with E-state index in [4.69, 9.17) is 23.2 Å². The van der Waals surface area contributed by atoms with Gasteiger partial charge in [-0.1, -0.05) is 53.5 Å². The van der Waals surface area contributed by atoms with E-state index in [1.54, 1.807) is 18.3 Å². The number of hydrazone groups is 1. The van der Waals surface area contributed by atoms with Gasteiger partial charge in [-0.2, -0.15) is 5.10 Å². The van der Waals surface area contributed by atoms with E-state index in [2.05, 4.69) is 10.5 Å². The van der Waals surface area contributed by atoms with Gasteiger partial charge in [-0.3, -0.25) is 5.43 Å². The molecule has 0 aliphatic carbocycles. The van der Waals surface area contributed by atoms with E-state index in [-0.39, 0.29) is 0 Å². The fourth-order valence-corrected chi connectivity index (χ4v) is 1.58. The molecule has 0 radical (unpaired) electrons. The number of rotatable bonds is 3. The quantitative estimate of drug-likeness (QED) is 0.644. The van der Waals surface area contributed by atoms with Gasteiger partial charge in [-0.15, -0.1) is 0 Å². The molecule has 2 rings (SSSR count). The minimum Gasteiger partial charge on any atom is -0.278 e. The van der Waals surface area contributed by atoms with E-state index in [9.17, 15) is 0 Å². The summed E-state index contributed by atoms with van der Waals surface area (Å²) < 4.78 is 0. The monoisotopic (exact) mass is 264 g/mol. The van der Waals surface area contributed by atoms with Crippen LogP contribution in [0.4, 0.5) is 5.69 Å². The average Bonchev–Trinajstić information content (AvgIpc) is 2.35. The van der Waals surface area contributed by atoms with Crippen molar-refractivity contribution in [3.8, 4) is 0 Å². The van der Waals surface area contributed by atoms with Gasteiger partial charge in [-0.05, 0) is 23.8 Å². The number of hydrogen-bond donors (Lipinski definition) is 1. The van der Waals surface area contributed by atoms with Crippen molar-refractivity contribution < 1.29 is 0 Å². The Morgan fingerprint density at radius 2 is 1.71 bits per heavy atom. The van der Waals surface area contributed by atoms with Crippen LogP contribution in [0, 0.1) is 0 Å². The Balaban J connectivity index is 2.03. The number of nitrogens with one attached hydrogen (secondary N) is 1. The molecule has 0 unspecified atom stereocenters. The van der Waals surface area contributed by atoms with E-state index in [0.29, 0.717) is 10.0 Å². The first-order chi connectivity index (χ1) is 8.25. The lowest BCUT2D eigenvalue weighted by Gasteiger charge is -2.01. The maximum atomic E-state index is 5.89. The second kappa shape index (κ2) is 5.71. The summed E-state index contributed by atoms with van der Waals surface area (Å²) >= 11 is 11.7. The van der Waals surface area contributed by atoms with Gasteiger partial charge in [0.2, 0.25) is 0 Å². The van der Waals surface area contributed by atoms with Gasteiger partial charge in [0.05, 0.1) is 21.9 Å². The fourth-order valence-electron chi connectivity index (χ4n) is 1.29. The van der Waals surface area contributed by atoms with E-state index in [1.807, 2.05) is 36.4 Å². The molecule has 0 saturated carbocycles. The Morgan fingerprint density at radius 1 is 0.941 bits per heavy atom. The Bertz CT molecular complexity index is 524. The molecule has 2 aromatic rings. The highest BCUT2D eigenvalue weighted by Crippen LogP contribution is 2.24. The predicted octanol–water partition coefficient (Wildman–Crippen LogP) is 4.44. The molecule has 0 aromatic heterocycles. The van der Waals surface area contributed by atoms with E-state index < -0.39 is 0 Å². The molecule has 0 saturated heterocycles. The normalized spacial score (nSPS) is 10.7. The standard InChI is InChI=1S/C13H10Cl2N2/c14-12-7-6-11(8-13(12)15)17-16-9-10-4-2-1-3-5-10/h1-9,17H. The highest BCUT2D eigenvalue weighted by molar-refractivity contribution is 6.42. The zero-order valence-corrected chi connectivity index (χ0v) is 10.4. The summed E-state index contributed by atoms with van der Waals surface area (Å²) in [5.41, 5.74) is 4.71. The Labute approximate surface area is 110 Å². The van der Waals surface area contributed by atoms with Crippen molar-refractivity contribution >= 4 is 35.1 Å². The molecule has 0 fully saturated rings. The lowest BCUT2D eigenvalue weighted by molar-refractivity contribution is 1.35. The molecular formula is C13H10Cl2N2. The van der Waals surface area contributed by atoms with Gasteiger partial charge < -0.3 is 0 Å². The van der Waals surface area contributed by atoms with Crippen LogP contribution >= 0.6 is 23.2 Å². The first kappa shape index (κ1) is 12.0. The zero-order chi connectivity index (χ0) is 12.1. The smallest absolute Gasteiger partial charge is 0.0613 e. The zero-order valence-electron chi connectivity index (χ0n) is 8.90. The third kappa shape index (κ3) is 3.48. The second-order valence-corrected chi connectivity index (χ2v) is 4.22. The van der Waals surface area contributed by atoms with Gasteiger partial charge in [-0.25, -0.2) is 0 Å². The summed E-state index contributed by atoms with van der Waals surface area (Å²) in [6.45, 7) is 0. The van der Waals surface area contributed by atoms with Crippen LogP contribution in [0.1, 0.15) is 5.56 Å². The molecule has 86 valence electrons. The molecule has 0 spiro atoms. The van der Waals surface area contributed by atoms with Crippen LogP contribution in [0.2, 0.25) is 10.0 Å². The first-order valence-electron chi connectivity index (χ1n) is 5.05. The minimum atomic E-state index is 0.506. The first-order valence-corrected chi connectivity index (χ1v) is 5.80. The van der Waals surface area contributed by atoms with Crippen LogP contribution in [-0.4, -0.2) is 6.21 Å². The van der Waals surface area contributed by atoms with Gasteiger partial charge in [0.15, 0.2) is 0 Å². The van der Waals surface area contributed by atoms with Crippen molar-refractivity contribution in [1.82, 2.24) is 0 Å². The molecule has 1 N–H and O–H groups in total. The van der Waals surface area contributed by atoms with Crippen molar-refractivity contribution in [2.45, 2.75) is 0 Å². The number of nitrogens with zero attached hydrogens (tertiary/aromatic N) is 1. The van der Waals surface area contributed by atoms with E-state index >= 15 is 0 Å². The van der Waals surface area contributed by atoms with Crippen molar-refractivity contribution in [2.75, 3.05) is 5.43 Å². The van der Waals surface area contributed by atoms with Crippen LogP contribution in [0.25, 0.3) is 0 Å². The largest absolute Gasteiger partial charge is 0.278 e. The second-order valence-electron chi connectivity index (χ2n) is 3.41. The molecular weight excluding hydrogens is 255 g/mol. The van der Waals surface area contributed by atoms with Crippen molar-refractivity contribution in [1.29, 1.82) is 0 Å². The van der Waals surface area contributed by atoms with Gasteiger partial charge in [0.1, 0.15) is 0 Å². The molecule has 0 heterocycles. The van der Waals surface area contributed by atoms with Crippen molar-refractivity contribution in [2.24, 2.45) is 5.10 Å². The molecule has 0 aliphatic rings. The molecule has 2 aromatic carbocycles. The molecule has 17 heavy (non-hydrogen) atoms. The van der Waals surface area contributed by atoms with Crippen LogP contribution in [0.3, 0.4) is 0 Å². The van der Waals surface area contributed by atoms with Gasteiger partial charge in [0.25, 0.3) is 0 Å². The maximum Gasteiger partial charge on any atom is 0.0613 e. The summed E-state index contributed by atoms with van der Waals surface area (Å²) in [6, 6.07) is 15.1. The molecule has 2 nitrogen and oxygen atoms in total. The van der Waals surface area contributed by atoms with Crippen LogP contribution < -0.4 is 5.43 Å². The molecule has 0 bridgehead atoms. The Morgan fingerprint density at radius 3 is 2.41 bits per heavy atom. The lowest BCUT2D eigenvalue weighted by atomic mass is 10.2. The van der Waals surface area contributed by atoms with Gasteiger partial charge >= 0.3 is 0 Å². The SMILES string of the molecule is Clc1ccc(NN=Cc2ccccc2)cc1Cl. The van der Waals surface area contributed by atoms with E-state index in [1.165, 1.54) is 0 Å². The van der Waals surface area contributed by atoms with Crippen molar-refractivity contribution in [3.63, 3.8) is 0 Å². The fraction of sp³-hybridized carbons (Fsp3) is 0. The predicted molar refractivity (Wildman–Crippen MR) is 74.1 cm³/mol. The Hall–Kier alpha value is -1.51. The van der Waals surface area contributed by atoms with Crippen LogP contribution in [-0.2, 0) is 0 Å². The Kier molecular flexibility index (Phi) is 4.02. The third-order valence-electron chi connectivity index (χ3n) is 2.13. The maximum absolute atomic E-state index is 5.89. The minimum absolute atomic E-state index is 0.506. The number of benzene rings is 2. The molecule has 0 aliphatic heterocycles. The molecule has 0 amide bonds. The van der Waals surface area contributed by atoms with Crippen LogP contribution in [0.15, 0.2) is 53.6 Å². The number of anilines is 1. The summed E-state index contributed by atoms with van der Waals surface area (Å²) in [6.07, 6.45) is 1.74. The van der Waals surface area contributed by atoms with Crippen molar-refractivity contribution in [3.05, 3.63) is 64.1 Å². The van der Waals surface area contributed by atoms with Gasteiger partial charge in [0, 0.05) is 0 Å². The third-order valence-corrected chi connectivity index (χ3v) is 2.87. The summed E-state index contributed by atoms with van der Waals surface area (Å²) in [7, 11) is 0. The molecule has 0 atom stereocenters. The summed E-state index contributed by atoms with van der Waals surface area (Å²) in [4.78, 5) is 0. The number of halogens is 2. The highest BCUT2D eigenvalue weighted by atomic mass is 35.5. The van der Waals surface area contributed by atoms with Crippen LogP contribution in [0.5, 0.6) is 0 Å². The molecule has 4 heteroatoms. The summed E-state index contributed by atoms with van der Waals surface area (Å²) in [5, 5.41) is 5.14. The lowest BCUT2D eigenvalue weighted by Crippen LogP contribution is -1.90. The summed E-state index contributed by atoms with van der Waals surface area (Å²) in [5.74, 6) is 0. The average molecular weight is 265 g/mol. The highest BCUT2D eigenvalue weighted by Gasteiger charge is 1.97. The topological polar surface area (TPSA) is 24.4 Å².